The number of alkyl halides is 3. The lowest BCUT2D eigenvalue weighted by atomic mass is 10.2. The van der Waals surface area contributed by atoms with Crippen molar-refractivity contribution in [3.8, 4) is 0 Å². The van der Waals surface area contributed by atoms with Gasteiger partial charge >= 0.3 is 6.18 Å². The smallest absolute Gasteiger partial charge is 0.340 e. The van der Waals surface area contributed by atoms with E-state index in [1.165, 1.54) is 12.3 Å². The number of halogens is 5. The Kier molecular flexibility index (Phi) is 4.06. The molecule has 0 bridgehead atoms. The van der Waals surface area contributed by atoms with E-state index in [0.717, 1.165) is 12.1 Å². The summed E-state index contributed by atoms with van der Waals surface area (Å²) in [6.45, 7) is 1.70. The molecule has 8 heteroatoms. The molecule has 0 aliphatic heterocycles. The molecule has 0 atom stereocenters. The maximum atomic E-state index is 12.7. The molecule has 0 saturated heterocycles. The molecule has 0 amide bonds. The Morgan fingerprint density at radius 2 is 1.85 bits per heavy atom. The van der Waals surface area contributed by atoms with Crippen molar-refractivity contribution in [1.29, 1.82) is 0 Å². The summed E-state index contributed by atoms with van der Waals surface area (Å²) in [7, 11) is 0. The highest BCUT2D eigenvalue weighted by atomic mass is 35.5. The molecule has 20 heavy (non-hydrogen) atoms. The van der Waals surface area contributed by atoms with Gasteiger partial charge in [0.1, 0.15) is 5.82 Å². The van der Waals surface area contributed by atoms with Crippen LogP contribution in [0.2, 0.25) is 10.3 Å². The van der Waals surface area contributed by atoms with Crippen LogP contribution in [0.25, 0.3) is 0 Å². The number of rotatable bonds is 2. The molecule has 106 valence electrons. The molecule has 1 aromatic carbocycles. The number of nitrogens with zero attached hydrogens (tertiary/aromatic N) is 2. The second-order valence-corrected chi connectivity index (χ2v) is 4.80. The van der Waals surface area contributed by atoms with Crippen molar-refractivity contribution in [2.24, 2.45) is 0 Å². The zero-order valence-corrected chi connectivity index (χ0v) is 11.6. The van der Waals surface area contributed by atoms with Crippen molar-refractivity contribution in [2.75, 3.05) is 5.32 Å². The van der Waals surface area contributed by atoms with Crippen LogP contribution in [-0.4, -0.2) is 9.97 Å². The molecule has 2 aromatic rings. The third kappa shape index (κ3) is 3.52. The van der Waals surface area contributed by atoms with Gasteiger partial charge < -0.3 is 5.32 Å². The number of aryl methyl sites for hydroxylation is 1. The van der Waals surface area contributed by atoms with Crippen molar-refractivity contribution >= 4 is 34.7 Å². The molecule has 1 aromatic heterocycles. The van der Waals surface area contributed by atoms with Gasteiger partial charge in [0, 0.05) is 22.5 Å². The van der Waals surface area contributed by atoms with Gasteiger partial charge in [0.2, 0.25) is 5.28 Å². The fraction of sp³-hybridized carbons (Fsp3) is 0.167. The summed E-state index contributed by atoms with van der Waals surface area (Å²) >= 11 is 11.3. The van der Waals surface area contributed by atoms with E-state index in [1.807, 2.05) is 0 Å². The number of hydrogen-bond donors (Lipinski definition) is 1. The normalized spacial score (nSPS) is 11.5. The van der Waals surface area contributed by atoms with E-state index in [0.29, 0.717) is 11.4 Å². The van der Waals surface area contributed by atoms with Crippen molar-refractivity contribution < 1.29 is 13.2 Å². The van der Waals surface area contributed by atoms with Crippen molar-refractivity contribution in [2.45, 2.75) is 13.1 Å². The van der Waals surface area contributed by atoms with Crippen LogP contribution in [0.15, 0.2) is 24.4 Å². The maximum Gasteiger partial charge on any atom is 0.416 e. The number of aromatic nitrogens is 2. The second-order valence-electron chi connectivity index (χ2n) is 4.02. The number of benzene rings is 1. The fourth-order valence-corrected chi connectivity index (χ4v) is 1.88. The largest absolute Gasteiger partial charge is 0.416 e. The topological polar surface area (TPSA) is 37.8 Å². The molecule has 3 nitrogen and oxygen atoms in total. The van der Waals surface area contributed by atoms with Gasteiger partial charge in [-0.05, 0) is 36.7 Å². The molecule has 0 aliphatic carbocycles. The first kappa shape index (κ1) is 14.9. The summed E-state index contributed by atoms with van der Waals surface area (Å²) in [5, 5.41) is 2.72. The Balaban J connectivity index is 2.39. The Morgan fingerprint density at radius 1 is 1.15 bits per heavy atom. The lowest BCUT2D eigenvalue weighted by Gasteiger charge is -2.12. The van der Waals surface area contributed by atoms with E-state index < -0.39 is 11.7 Å². The van der Waals surface area contributed by atoms with E-state index in [1.54, 1.807) is 6.92 Å². The minimum atomic E-state index is -4.47. The standard InChI is InChI=1S/C12H8Cl2F3N3/c1-6-5-18-11(14)20-10(6)19-9-3-7(12(15,16)17)2-8(13)4-9/h2-5H,1H3,(H,18,19,20). The summed E-state index contributed by atoms with van der Waals surface area (Å²) in [5.41, 5.74) is -0.0315. The van der Waals surface area contributed by atoms with Gasteiger partial charge in [-0.25, -0.2) is 9.97 Å². The van der Waals surface area contributed by atoms with Crippen molar-refractivity contribution in [3.63, 3.8) is 0 Å². The van der Waals surface area contributed by atoms with E-state index in [-0.39, 0.29) is 16.0 Å². The van der Waals surface area contributed by atoms with Crippen LogP contribution in [0.5, 0.6) is 0 Å². The third-order valence-electron chi connectivity index (χ3n) is 2.43. The van der Waals surface area contributed by atoms with Crippen LogP contribution in [0.4, 0.5) is 24.7 Å². The van der Waals surface area contributed by atoms with Gasteiger partial charge in [0.25, 0.3) is 0 Å². The zero-order chi connectivity index (χ0) is 14.9. The van der Waals surface area contributed by atoms with Gasteiger partial charge in [0.15, 0.2) is 0 Å². The number of hydrogen-bond acceptors (Lipinski definition) is 3. The predicted octanol–water partition coefficient (Wildman–Crippen LogP) is 4.85. The van der Waals surface area contributed by atoms with Gasteiger partial charge in [-0.3, -0.25) is 0 Å². The summed E-state index contributed by atoms with van der Waals surface area (Å²) in [6, 6.07) is 3.17. The lowest BCUT2D eigenvalue weighted by Crippen LogP contribution is -2.06. The molecule has 1 heterocycles. The highest BCUT2D eigenvalue weighted by Crippen LogP contribution is 2.34. The first-order chi connectivity index (χ1) is 9.25. The molecule has 1 N–H and O–H groups in total. The highest BCUT2D eigenvalue weighted by molar-refractivity contribution is 6.31. The van der Waals surface area contributed by atoms with Crippen LogP contribution in [0.3, 0.4) is 0 Å². The Labute approximate surface area is 122 Å². The molecule has 2 rings (SSSR count). The van der Waals surface area contributed by atoms with Crippen LogP contribution in [0.1, 0.15) is 11.1 Å². The fourth-order valence-electron chi connectivity index (χ4n) is 1.51. The molecular formula is C12H8Cl2F3N3. The van der Waals surface area contributed by atoms with Crippen LogP contribution in [-0.2, 0) is 6.18 Å². The molecule has 0 saturated carbocycles. The van der Waals surface area contributed by atoms with E-state index >= 15 is 0 Å². The Hall–Kier alpha value is -1.53. The molecule has 0 unspecified atom stereocenters. The van der Waals surface area contributed by atoms with E-state index in [2.05, 4.69) is 15.3 Å². The average Bonchev–Trinajstić information content (AvgIpc) is 2.32. The third-order valence-corrected chi connectivity index (χ3v) is 2.83. The molecule has 0 fully saturated rings. The first-order valence-corrected chi connectivity index (χ1v) is 6.15. The summed E-state index contributed by atoms with van der Waals surface area (Å²) in [4.78, 5) is 7.67. The molecule has 0 radical (unpaired) electrons. The van der Waals surface area contributed by atoms with E-state index in [9.17, 15) is 13.2 Å². The summed E-state index contributed by atoms with van der Waals surface area (Å²) in [6.07, 6.45) is -3.01. The maximum absolute atomic E-state index is 12.7. The second kappa shape index (κ2) is 5.46. The number of anilines is 2. The number of nitrogens with one attached hydrogen (secondary N) is 1. The zero-order valence-electron chi connectivity index (χ0n) is 10.1. The monoisotopic (exact) mass is 321 g/mol. The van der Waals surface area contributed by atoms with Gasteiger partial charge in [-0.15, -0.1) is 0 Å². The van der Waals surface area contributed by atoms with Gasteiger partial charge in [-0.1, -0.05) is 11.6 Å². The highest BCUT2D eigenvalue weighted by Gasteiger charge is 2.31. The van der Waals surface area contributed by atoms with Crippen LogP contribution >= 0.6 is 23.2 Å². The summed E-state index contributed by atoms with van der Waals surface area (Å²) in [5.74, 6) is 0.320. The van der Waals surface area contributed by atoms with Gasteiger partial charge in [0.05, 0.1) is 5.56 Å². The van der Waals surface area contributed by atoms with E-state index in [4.69, 9.17) is 23.2 Å². The van der Waals surface area contributed by atoms with Crippen LogP contribution in [0, 0.1) is 6.92 Å². The first-order valence-electron chi connectivity index (χ1n) is 5.39. The SMILES string of the molecule is Cc1cnc(Cl)nc1Nc1cc(Cl)cc(C(F)(F)F)c1. The van der Waals surface area contributed by atoms with Gasteiger partial charge in [-0.2, -0.15) is 13.2 Å². The Morgan fingerprint density at radius 3 is 2.50 bits per heavy atom. The summed E-state index contributed by atoms with van der Waals surface area (Å²) < 4.78 is 38.1. The average molecular weight is 322 g/mol. The minimum absolute atomic E-state index is 0.00354. The van der Waals surface area contributed by atoms with Crippen molar-refractivity contribution in [1.82, 2.24) is 9.97 Å². The molecule has 0 aliphatic rings. The lowest BCUT2D eigenvalue weighted by molar-refractivity contribution is -0.137. The Bertz CT molecular complexity index is 644. The quantitative estimate of drug-likeness (QED) is 0.803. The van der Waals surface area contributed by atoms with Crippen LogP contribution < -0.4 is 5.32 Å². The van der Waals surface area contributed by atoms with Crippen molar-refractivity contribution in [3.05, 3.63) is 45.8 Å². The molecular weight excluding hydrogens is 314 g/mol. The minimum Gasteiger partial charge on any atom is -0.340 e. The predicted molar refractivity (Wildman–Crippen MR) is 71.5 cm³/mol. The molecule has 0 spiro atoms.